The van der Waals surface area contributed by atoms with Crippen molar-refractivity contribution < 1.29 is 26.8 Å². The molecule has 0 aliphatic carbocycles. The van der Waals surface area contributed by atoms with Crippen molar-refractivity contribution in [2.75, 3.05) is 6.54 Å². The summed E-state index contributed by atoms with van der Waals surface area (Å²) >= 11 is 0. The fraction of sp³-hybridized carbons (Fsp3) is 0.143. The maximum Gasteiger partial charge on any atom is 0.309 e. The van der Waals surface area contributed by atoms with Crippen LogP contribution in [0, 0.1) is 5.82 Å². The summed E-state index contributed by atoms with van der Waals surface area (Å²) in [5.74, 6) is -2.19. The predicted molar refractivity (Wildman–Crippen MR) is 106 cm³/mol. The number of hydrogen-bond donors (Lipinski definition) is 2. The molecule has 0 aliphatic heterocycles. The van der Waals surface area contributed by atoms with Gasteiger partial charge in [-0.1, -0.05) is 30.3 Å². The molecule has 0 radical (unpaired) electrons. The Balaban J connectivity index is 1.66. The van der Waals surface area contributed by atoms with Crippen LogP contribution < -0.4 is 10.6 Å². The minimum absolute atomic E-state index is 0.0243. The second kappa shape index (κ2) is 9.36. The van der Waals surface area contributed by atoms with E-state index < -0.39 is 32.7 Å². The van der Waals surface area contributed by atoms with Crippen molar-refractivity contribution in [1.82, 2.24) is 10.6 Å². The van der Waals surface area contributed by atoms with E-state index in [4.69, 9.17) is 4.42 Å². The average Bonchev–Trinajstić information content (AvgIpc) is 3.28. The van der Waals surface area contributed by atoms with E-state index in [-0.39, 0.29) is 23.7 Å². The summed E-state index contributed by atoms with van der Waals surface area (Å²) in [6, 6.07) is 16.2. The molecule has 0 saturated heterocycles. The number of carbonyl (C=O) groups is 2. The molecular weight excluding hydrogens is 411 g/mol. The van der Waals surface area contributed by atoms with E-state index in [0.717, 1.165) is 0 Å². The molecular formula is C21H19FN2O5S. The SMILES string of the molecule is O=C(NCc1ccc(F)cc1)C(=O)NC[C@@H](c1ccco1)S(=O)(=O)c1ccccc1. The molecule has 156 valence electrons. The highest BCUT2D eigenvalue weighted by Crippen LogP contribution is 2.28. The summed E-state index contributed by atoms with van der Waals surface area (Å²) in [5, 5.41) is 3.54. The fourth-order valence-electron chi connectivity index (χ4n) is 2.74. The van der Waals surface area contributed by atoms with E-state index in [1.807, 2.05) is 0 Å². The lowest BCUT2D eigenvalue weighted by Crippen LogP contribution is -2.42. The van der Waals surface area contributed by atoms with Gasteiger partial charge in [-0.2, -0.15) is 0 Å². The van der Waals surface area contributed by atoms with Crippen molar-refractivity contribution in [3.8, 4) is 0 Å². The Kier molecular flexibility index (Phi) is 6.63. The van der Waals surface area contributed by atoms with Crippen molar-refractivity contribution in [3.63, 3.8) is 0 Å². The molecule has 3 aromatic rings. The largest absolute Gasteiger partial charge is 0.468 e. The third-order valence-corrected chi connectivity index (χ3v) is 6.40. The molecule has 0 aliphatic rings. The van der Waals surface area contributed by atoms with Gasteiger partial charge in [0.05, 0.1) is 11.2 Å². The van der Waals surface area contributed by atoms with E-state index in [9.17, 15) is 22.4 Å². The van der Waals surface area contributed by atoms with Crippen LogP contribution in [0.5, 0.6) is 0 Å². The van der Waals surface area contributed by atoms with E-state index in [1.54, 1.807) is 24.3 Å². The zero-order chi connectivity index (χ0) is 21.6. The van der Waals surface area contributed by atoms with Gasteiger partial charge in [-0.15, -0.1) is 0 Å². The summed E-state index contributed by atoms with van der Waals surface area (Å²) in [6.45, 7) is -0.329. The standard InChI is InChI=1S/C21H19FN2O5S/c22-16-10-8-15(9-11-16)13-23-20(25)21(26)24-14-19(18-7-4-12-29-18)30(27,28)17-5-2-1-3-6-17/h1-12,19H,13-14H2,(H,23,25)(H,24,26)/t19-/m0/s1. The molecule has 7 nitrogen and oxygen atoms in total. The number of furan rings is 1. The van der Waals surface area contributed by atoms with Gasteiger partial charge in [-0.25, -0.2) is 12.8 Å². The van der Waals surface area contributed by atoms with E-state index in [2.05, 4.69) is 10.6 Å². The van der Waals surface area contributed by atoms with Gasteiger partial charge in [0, 0.05) is 13.1 Å². The lowest BCUT2D eigenvalue weighted by Gasteiger charge is -2.16. The Bertz CT molecular complexity index is 1100. The second-order valence-electron chi connectivity index (χ2n) is 6.38. The molecule has 3 rings (SSSR count). The number of halogens is 1. The first kappa shape index (κ1) is 21.3. The number of benzene rings is 2. The predicted octanol–water partition coefficient (Wildman–Crippen LogP) is 2.37. The second-order valence-corrected chi connectivity index (χ2v) is 8.51. The molecule has 9 heteroatoms. The van der Waals surface area contributed by atoms with Crippen LogP contribution in [0.2, 0.25) is 0 Å². The number of sulfone groups is 1. The smallest absolute Gasteiger partial charge is 0.309 e. The van der Waals surface area contributed by atoms with Crippen LogP contribution in [0.1, 0.15) is 16.6 Å². The maximum atomic E-state index is 13.0. The fourth-order valence-corrected chi connectivity index (χ4v) is 4.35. The lowest BCUT2D eigenvalue weighted by atomic mass is 10.2. The van der Waals surface area contributed by atoms with Gasteiger partial charge in [-0.05, 0) is 42.0 Å². The molecule has 0 unspecified atom stereocenters. The third kappa shape index (κ3) is 5.12. The zero-order valence-corrected chi connectivity index (χ0v) is 16.6. The summed E-state index contributed by atoms with van der Waals surface area (Å²) in [6.07, 6.45) is 1.33. The van der Waals surface area contributed by atoms with Crippen LogP contribution >= 0.6 is 0 Å². The monoisotopic (exact) mass is 430 g/mol. The third-order valence-electron chi connectivity index (χ3n) is 4.33. The summed E-state index contributed by atoms with van der Waals surface area (Å²) < 4.78 is 44.2. The zero-order valence-electron chi connectivity index (χ0n) is 15.7. The Morgan fingerprint density at radius 1 is 0.900 bits per heavy atom. The highest BCUT2D eigenvalue weighted by Gasteiger charge is 2.32. The Morgan fingerprint density at radius 3 is 2.20 bits per heavy atom. The summed E-state index contributed by atoms with van der Waals surface area (Å²) in [5.41, 5.74) is 0.609. The Morgan fingerprint density at radius 2 is 1.57 bits per heavy atom. The minimum Gasteiger partial charge on any atom is -0.468 e. The van der Waals surface area contributed by atoms with Crippen molar-refractivity contribution in [2.24, 2.45) is 0 Å². The lowest BCUT2D eigenvalue weighted by molar-refractivity contribution is -0.139. The first-order chi connectivity index (χ1) is 14.4. The highest BCUT2D eigenvalue weighted by molar-refractivity contribution is 7.91. The van der Waals surface area contributed by atoms with E-state index in [1.165, 1.54) is 48.7 Å². The van der Waals surface area contributed by atoms with E-state index in [0.29, 0.717) is 5.56 Å². The maximum absolute atomic E-state index is 13.0. The molecule has 1 atom stereocenters. The van der Waals surface area contributed by atoms with Crippen LogP contribution in [0.4, 0.5) is 4.39 Å². The topological polar surface area (TPSA) is 105 Å². The van der Waals surface area contributed by atoms with Gasteiger partial charge >= 0.3 is 11.8 Å². The molecule has 0 fully saturated rings. The molecule has 2 aromatic carbocycles. The molecule has 1 aromatic heterocycles. The van der Waals surface area contributed by atoms with Gasteiger partial charge in [0.1, 0.15) is 16.8 Å². The first-order valence-electron chi connectivity index (χ1n) is 9.01. The van der Waals surface area contributed by atoms with Crippen LogP contribution in [0.15, 0.2) is 82.3 Å². The normalized spacial score (nSPS) is 12.2. The molecule has 0 saturated carbocycles. The minimum atomic E-state index is -3.88. The Hall–Kier alpha value is -3.46. The highest BCUT2D eigenvalue weighted by atomic mass is 32.2. The average molecular weight is 430 g/mol. The number of amides is 2. The van der Waals surface area contributed by atoms with Gasteiger partial charge in [-0.3, -0.25) is 9.59 Å². The molecule has 0 bridgehead atoms. The van der Waals surface area contributed by atoms with Gasteiger partial charge in [0.25, 0.3) is 0 Å². The van der Waals surface area contributed by atoms with Crippen LogP contribution in [0.3, 0.4) is 0 Å². The van der Waals surface area contributed by atoms with Crippen molar-refractivity contribution in [3.05, 3.63) is 90.1 Å². The van der Waals surface area contributed by atoms with Crippen molar-refractivity contribution in [1.29, 1.82) is 0 Å². The van der Waals surface area contributed by atoms with Gasteiger partial charge in [0.15, 0.2) is 9.84 Å². The summed E-state index contributed by atoms with van der Waals surface area (Å²) in [4.78, 5) is 24.2. The number of rotatable bonds is 7. The Labute approximate surface area is 172 Å². The van der Waals surface area contributed by atoms with Crippen LogP contribution in [-0.2, 0) is 26.0 Å². The molecule has 2 N–H and O–H groups in total. The van der Waals surface area contributed by atoms with Crippen molar-refractivity contribution in [2.45, 2.75) is 16.7 Å². The quantitative estimate of drug-likeness (QED) is 0.560. The number of hydrogen-bond acceptors (Lipinski definition) is 5. The number of nitrogens with one attached hydrogen (secondary N) is 2. The van der Waals surface area contributed by atoms with Crippen LogP contribution in [-0.4, -0.2) is 26.8 Å². The number of carbonyl (C=O) groups excluding carboxylic acids is 2. The van der Waals surface area contributed by atoms with Crippen molar-refractivity contribution >= 4 is 21.7 Å². The molecule has 2 amide bonds. The van der Waals surface area contributed by atoms with Gasteiger partial charge < -0.3 is 15.1 Å². The van der Waals surface area contributed by atoms with E-state index >= 15 is 0 Å². The molecule has 1 heterocycles. The summed E-state index contributed by atoms with van der Waals surface area (Å²) in [7, 11) is -3.88. The molecule has 30 heavy (non-hydrogen) atoms. The first-order valence-corrected chi connectivity index (χ1v) is 10.6. The van der Waals surface area contributed by atoms with Crippen LogP contribution in [0.25, 0.3) is 0 Å². The molecule has 0 spiro atoms. The van der Waals surface area contributed by atoms with Gasteiger partial charge in [0.2, 0.25) is 0 Å².